The maximum atomic E-state index is 13.0. The Balaban J connectivity index is 1.63. The summed E-state index contributed by atoms with van der Waals surface area (Å²) in [7, 11) is 1.52. The molecular formula is C24H20ClN3O4S. The number of thioether (sulfide) groups is 1. The number of nitrogens with one attached hydrogen (secondary N) is 2. The zero-order chi connectivity index (χ0) is 23.4. The van der Waals surface area contributed by atoms with Crippen molar-refractivity contribution in [2.24, 2.45) is 0 Å². The van der Waals surface area contributed by atoms with Crippen LogP contribution in [0.25, 0.3) is 0 Å². The highest BCUT2D eigenvalue weighted by molar-refractivity contribution is 7.98. The first kappa shape index (κ1) is 22.8. The van der Waals surface area contributed by atoms with E-state index in [2.05, 4.69) is 21.2 Å². The molecule has 2 N–H and O–H groups in total. The van der Waals surface area contributed by atoms with Gasteiger partial charge >= 0.3 is 0 Å². The number of rotatable bonds is 7. The zero-order valence-electron chi connectivity index (χ0n) is 17.7. The number of carbonyl (C=O) groups is 1. The quantitative estimate of drug-likeness (QED) is 0.298. The number of aromatic amines is 1. The summed E-state index contributed by atoms with van der Waals surface area (Å²) in [4.78, 5) is 32.8. The van der Waals surface area contributed by atoms with Crippen molar-refractivity contribution in [2.75, 3.05) is 19.0 Å². The topological polar surface area (TPSA) is 93.3 Å². The number of H-pyrrole nitrogens is 1. The van der Waals surface area contributed by atoms with Crippen molar-refractivity contribution < 1.29 is 14.3 Å². The van der Waals surface area contributed by atoms with E-state index in [1.807, 2.05) is 24.3 Å². The van der Waals surface area contributed by atoms with E-state index in [-0.39, 0.29) is 30.3 Å². The first-order chi connectivity index (χ1) is 16.0. The van der Waals surface area contributed by atoms with Crippen LogP contribution in [0.3, 0.4) is 0 Å². The summed E-state index contributed by atoms with van der Waals surface area (Å²) in [6.07, 6.45) is 5.37. The Hall–Kier alpha value is -3.41. The maximum Gasteiger partial charge on any atom is 0.257 e. The Bertz CT molecular complexity index is 1280. The molecule has 0 spiro atoms. The lowest BCUT2D eigenvalue weighted by Crippen LogP contribution is -2.31. The van der Waals surface area contributed by atoms with Crippen molar-refractivity contribution in [2.45, 2.75) is 23.2 Å². The second-order valence-corrected chi connectivity index (χ2v) is 8.66. The van der Waals surface area contributed by atoms with Gasteiger partial charge in [-0.2, -0.15) is 0 Å². The number of ether oxygens (including phenoxy) is 2. The number of terminal acetylenes is 1. The molecule has 33 heavy (non-hydrogen) atoms. The molecule has 168 valence electrons. The van der Waals surface area contributed by atoms with Crippen molar-refractivity contribution in [3.63, 3.8) is 0 Å². The molecule has 0 saturated heterocycles. The fraction of sp³-hybridized carbons (Fsp3) is 0.208. The number of carbonyl (C=O) groups excluding carboxylic acids is 1. The Morgan fingerprint density at radius 1 is 1.21 bits per heavy atom. The molecule has 1 aliphatic heterocycles. The first-order valence-corrected chi connectivity index (χ1v) is 11.4. The fourth-order valence-corrected chi connectivity index (χ4v) is 4.52. The Morgan fingerprint density at radius 3 is 2.73 bits per heavy atom. The number of anilines is 1. The van der Waals surface area contributed by atoms with Gasteiger partial charge in [-0.1, -0.05) is 47.5 Å². The number of methoxy groups -OCH3 is 1. The predicted octanol–water partition coefficient (Wildman–Crippen LogP) is 4.21. The van der Waals surface area contributed by atoms with Crippen LogP contribution in [-0.2, 0) is 10.5 Å². The number of hydrogen-bond donors (Lipinski definition) is 2. The second-order valence-electron chi connectivity index (χ2n) is 7.26. The number of hydrogen-bond acceptors (Lipinski definition) is 6. The molecule has 0 aliphatic carbocycles. The number of aromatic nitrogens is 2. The van der Waals surface area contributed by atoms with Crippen LogP contribution in [0, 0.1) is 12.3 Å². The number of benzene rings is 2. The lowest BCUT2D eigenvalue weighted by Gasteiger charge is -2.25. The second kappa shape index (κ2) is 10.0. The Labute approximate surface area is 199 Å². The van der Waals surface area contributed by atoms with Gasteiger partial charge in [0.1, 0.15) is 12.4 Å². The lowest BCUT2D eigenvalue weighted by atomic mass is 9.86. The van der Waals surface area contributed by atoms with Crippen LogP contribution < -0.4 is 20.3 Å². The van der Waals surface area contributed by atoms with Gasteiger partial charge < -0.3 is 19.8 Å². The molecule has 0 bridgehead atoms. The highest BCUT2D eigenvalue weighted by Crippen LogP contribution is 2.38. The van der Waals surface area contributed by atoms with Crippen molar-refractivity contribution in [1.82, 2.24) is 9.97 Å². The monoisotopic (exact) mass is 481 g/mol. The minimum atomic E-state index is -0.476. The fourth-order valence-electron chi connectivity index (χ4n) is 3.58. The molecule has 0 unspecified atom stereocenters. The largest absolute Gasteiger partial charge is 0.493 e. The van der Waals surface area contributed by atoms with Crippen LogP contribution in [-0.4, -0.2) is 29.6 Å². The minimum Gasteiger partial charge on any atom is -0.493 e. The van der Waals surface area contributed by atoms with Gasteiger partial charge in [0.05, 0.1) is 12.7 Å². The minimum absolute atomic E-state index is 0.102. The average Bonchev–Trinajstić information content (AvgIpc) is 2.81. The van der Waals surface area contributed by atoms with E-state index in [0.717, 1.165) is 11.1 Å². The first-order valence-electron chi connectivity index (χ1n) is 10.0. The van der Waals surface area contributed by atoms with E-state index in [9.17, 15) is 9.59 Å². The molecule has 4 rings (SSSR count). The normalized spacial score (nSPS) is 14.7. The molecule has 0 radical (unpaired) electrons. The van der Waals surface area contributed by atoms with E-state index in [4.69, 9.17) is 27.5 Å². The molecule has 1 atom stereocenters. The Kier molecular flexibility index (Phi) is 6.92. The van der Waals surface area contributed by atoms with Crippen LogP contribution in [0.15, 0.2) is 52.4 Å². The molecule has 0 saturated carbocycles. The van der Waals surface area contributed by atoms with E-state index in [1.54, 1.807) is 18.2 Å². The van der Waals surface area contributed by atoms with E-state index < -0.39 is 5.92 Å². The highest BCUT2D eigenvalue weighted by atomic mass is 35.5. The molecule has 2 aromatic carbocycles. The summed E-state index contributed by atoms with van der Waals surface area (Å²) < 4.78 is 10.9. The lowest BCUT2D eigenvalue weighted by molar-refractivity contribution is -0.116. The highest BCUT2D eigenvalue weighted by Gasteiger charge is 2.31. The number of halogens is 1. The molecule has 0 fully saturated rings. The van der Waals surface area contributed by atoms with Crippen molar-refractivity contribution >= 4 is 35.1 Å². The van der Waals surface area contributed by atoms with Gasteiger partial charge in [-0.15, -0.1) is 6.42 Å². The number of fused-ring (bicyclic) bond motifs is 1. The average molecular weight is 482 g/mol. The van der Waals surface area contributed by atoms with Gasteiger partial charge in [-0.05, 0) is 35.4 Å². The molecule has 7 nitrogen and oxygen atoms in total. The van der Waals surface area contributed by atoms with Gasteiger partial charge in [0, 0.05) is 23.1 Å². The molecule has 3 aromatic rings. The summed E-state index contributed by atoms with van der Waals surface area (Å²) in [5, 5.41) is 3.81. The molecular weight excluding hydrogens is 462 g/mol. The van der Waals surface area contributed by atoms with E-state index in [1.165, 1.54) is 18.9 Å². The Morgan fingerprint density at radius 2 is 2.00 bits per heavy atom. The third-order valence-electron chi connectivity index (χ3n) is 5.12. The summed E-state index contributed by atoms with van der Waals surface area (Å²) in [6, 6.07) is 12.7. The molecule has 2 heterocycles. The van der Waals surface area contributed by atoms with Gasteiger partial charge in [0.2, 0.25) is 5.91 Å². The van der Waals surface area contributed by atoms with Crippen molar-refractivity contribution in [1.29, 1.82) is 0 Å². The molecule has 1 amide bonds. The summed E-state index contributed by atoms with van der Waals surface area (Å²) in [6.45, 7) is 0.102. The van der Waals surface area contributed by atoms with Crippen molar-refractivity contribution in [3.8, 4) is 23.8 Å². The number of nitrogens with zero attached hydrogens (tertiary/aromatic N) is 1. The van der Waals surface area contributed by atoms with E-state index >= 15 is 0 Å². The standard InChI is InChI=1S/C24H20ClN3O4S/c1-3-10-32-18-9-6-15(11-19(18)31-2)17-12-20(29)26-22-21(17)23(30)28-24(27-22)33-13-14-4-7-16(25)8-5-14/h1,4-9,11,17H,10,12-13H2,2H3,(H2,26,27,28,29,30)/t17-/m1/s1. The third-order valence-corrected chi connectivity index (χ3v) is 6.32. The maximum absolute atomic E-state index is 13.0. The van der Waals surface area contributed by atoms with Gasteiger partial charge in [-0.3, -0.25) is 9.59 Å². The molecule has 9 heteroatoms. The predicted molar refractivity (Wildman–Crippen MR) is 128 cm³/mol. The molecule has 1 aliphatic rings. The summed E-state index contributed by atoms with van der Waals surface area (Å²) in [5.41, 5.74) is 1.89. The van der Waals surface area contributed by atoms with Crippen LogP contribution in [0.1, 0.15) is 29.0 Å². The summed E-state index contributed by atoms with van der Waals surface area (Å²) in [5.74, 6) is 3.53. The third kappa shape index (κ3) is 5.16. The van der Waals surface area contributed by atoms with Crippen LogP contribution in [0.4, 0.5) is 5.82 Å². The molecule has 1 aromatic heterocycles. The van der Waals surface area contributed by atoms with Crippen LogP contribution >= 0.6 is 23.4 Å². The van der Waals surface area contributed by atoms with Crippen molar-refractivity contribution in [3.05, 3.63) is 74.5 Å². The van der Waals surface area contributed by atoms with Gasteiger partial charge in [0.15, 0.2) is 16.7 Å². The zero-order valence-corrected chi connectivity index (χ0v) is 19.3. The van der Waals surface area contributed by atoms with E-state index in [0.29, 0.717) is 33.0 Å². The van der Waals surface area contributed by atoms with Gasteiger partial charge in [0.25, 0.3) is 5.56 Å². The van der Waals surface area contributed by atoms with Crippen LogP contribution in [0.2, 0.25) is 5.02 Å². The SMILES string of the molecule is C#CCOc1ccc([C@H]2CC(=O)Nc3nc(SCc4ccc(Cl)cc4)[nH]c(=O)c32)cc1OC. The summed E-state index contributed by atoms with van der Waals surface area (Å²) >= 11 is 7.29. The van der Waals surface area contributed by atoms with Crippen LogP contribution in [0.5, 0.6) is 11.5 Å². The van der Waals surface area contributed by atoms with Gasteiger partial charge in [-0.25, -0.2) is 4.98 Å². The number of amides is 1. The smallest absolute Gasteiger partial charge is 0.257 e.